The van der Waals surface area contributed by atoms with Gasteiger partial charge in [0.1, 0.15) is 6.61 Å². The molecular formula is C21H23ClN4O3. The smallest absolute Gasteiger partial charge is 0.244 e. The number of methoxy groups -OCH3 is 1. The molecule has 1 aliphatic heterocycles. The van der Waals surface area contributed by atoms with E-state index in [-0.39, 0.29) is 6.04 Å². The van der Waals surface area contributed by atoms with Gasteiger partial charge in [0.05, 0.1) is 12.6 Å². The third kappa shape index (κ3) is 4.93. The zero-order chi connectivity index (χ0) is 20.1. The number of likely N-dealkylation sites (tertiary alicyclic amines) is 1. The molecule has 1 saturated heterocycles. The highest BCUT2D eigenvalue weighted by molar-refractivity contribution is 6.30. The summed E-state index contributed by atoms with van der Waals surface area (Å²) >= 11 is 5.99. The van der Waals surface area contributed by atoms with E-state index in [1.165, 1.54) is 5.56 Å². The fourth-order valence-corrected chi connectivity index (χ4v) is 3.56. The largest absolute Gasteiger partial charge is 0.475 e. The van der Waals surface area contributed by atoms with E-state index in [4.69, 9.17) is 25.6 Å². The Kier molecular flexibility index (Phi) is 6.39. The Morgan fingerprint density at radius 3 is 2.79 bits per heavy atom. The molecule has 3 aromatic rings. The van der Waals surface area contributed by atoms with Gasteiger partial charge in [-0.05, 0) is 43.1 Å². The second-order valence-electron chi connectivity index (χ2n) is 6.94. The molecule has 4 rings (SSSR count). The summed E-state index contributed by atoms with van der Waals surface area (Å²) < 4.78 is 16.1. The van der Waals surface area contributed by atoms with E-state index in [2.05, 4.69) is 32.2 Å². The van der Waals surface area contributed by atoms with Crippen molar-refractivity contribution >= 4 is 11.6 Å². The monoisotopic (exact) mass is 414 g/mol. The molecule has 1 fully saturated rings. The lowest BCUT2D eigenvalue weighted by Crippen LogP contribution is -2.23. The van der Waals surface area contributed by atoms with E-state index >= 15 is 0 Å². The predicted octanol–water partition coefficient (Wildman–Crippen LogP) is 4.15. The van der Waals surface area contributed by atoms with Crippen LogP contribution in [-0.4, -0.2) is 46.9 Å². The van der Waals surface area contributed by atoms with Crippen molar-refractivity contribution in [2.45, 2.75) is 25.4 Å². The summed E-state index contributed by atoms with van der Waals surface area (Å²) in [6.45, 7) is 2.81. The maximum atomic E-state index is 5.99. The first-order valence-electron chi connectivity index (χ1n) is 9.63. The minimum atomic E-state index is 0.122. The molecule has 1 unspecified atom stereocenters. The van der Waals surface area contributed by atoms with Crippen molar-refractivity contribution in [3.8, 4) is 17.3 Å². The summed E-state index contributed by atoms with van der Waals surface area (Å²) in [6, 6.07) is 11.7. The van der Waals surface area contributed by atoms with Crippen LogP contribution in [0.5, 0.6) is 5.88 Å². The number of halogens is 1. The van der Waals surface area contributed by atoms with Crippen molar-refractivity contribution in [2.24, 2.45) is 0 Å². The van der Waals surface area contributed by atoms with Crippen LogP contribution in [0.15, 0.2) is 47.1 Å². The van der Waals surface area contributed by atoms with Crippen molar-refractivity contribution in [1.82, 2.24) is 20.0 Å². The molecule has 2 aromatic heterocycles. The molecule has 8 heteroatoms. The van der Waals surface area contributed by atoms with Crippen molar-refractivity contribution in [2.75, 3.05) is 26.9 Å². The van der Waals surface area contributed by atoms with Gasteiger partial charge in [0, 0.05) is 36.5 Å². The summed E-state index contributed by atoms with van der Waals surface area (Å²) in [5.41, 5.74) is 2.01. The fourth-order valence-electron chi connectivity index (χ4n) is 3.43. The van der Waals surface area contributed by atoms with Gasteiger partial charge in [0.25, 0.3) is 0 Å². The molecule has 7 nitrogen and oxygen atoms in total. The summed E-state index contributed by atoms with van der Waals surface area (Å²) in [5, 5.41) is 4.91. The summed E-state index contributed by atoms with van der Waals surface area (Å²) in [7, 11) is 1.63. The number of nitrogens with zero attached hydrogens (tertiary/aromatic N) is 4. The van der Waals surface area contributed by atoms with Gasteiger partial charge in [-0.1, -0.05) is 28.9 Å². The van der Waals surface area contributed by atoms with Crippen LogP contribution in [0.4, 0.5) is 0 Å². The summed E-state index contributed by atoms with van der Waals surface area (Å²) in [4.78, 5) is 11.3. The molecule has 0 amide bonds. The summed E-state index contributed by atoms with van der Waals surface area (Å²) in [6.07, 6.45) is 3.79. The van der Waals surface area contributed by atoms with Gasteiger partial charge in [-0.25, -0.2) is 4.98 Å². The highest BCUT2D eigenvalue weighted by atomic mass is 35.5. The van der Waals surface area contributed by atoms with Crippen LogP contribution in [0.25, 0.3) is 11.4 Å². The SMILES string of the molecule is COCCOc1ccc(-c2noc(C3CCCN3Cc3ccc(Cl)cc3)n2)cn1. The van der Waals surface area contributed by atoms with Gasteiger partial charge >= 0.3 is 0 Å². The molecule has 29 heavy (non-hydrogen) atoms. The molecule has 0 radical (unpaired) electrons. The Balaban J connectivity index is 1.43. The molecule has 1 aromatic carbocycles. The Hall–Kier alpha value is -2.48. The van der Waals surface area contributed by atoms with Gasteiger partial charge in [-0.15, -0.1) is 0 Å². The van der Waals surface area contributed by atoms with Gasteiger partial charge in [-0.3, -0.25) is 4.90 Å². The van der Waals surface area contributed by atoms with Gasteiger partial charge < -0.3 is 14.0 Å². The van der Waals surface area contributed by atoms with Crippen LogP contribution >= 0.6 is 11.6 Å². The standard InChI is InChI=1S/C21H23ClN4O3/c1-27-11-12-28-19-9-6-16(13-23-19)20-24-21(29-25-20)18-3-2-10-26(18)14-15-4-7-17(22)8-5-15/h4-9,13,18H,2-3,10-12,14H2,1H3. The highest BCUT2D eigenvalue weighted by Gasteiger charge is 2.30. The zero-order valence-corrected chi connectivity index (χ0v) is 17.0. The zero-order valence-electron chi connectivity index (χ0n) is 16.3. The van der Waals surface area contributed by atoms with E-state index in [0.29, 0.717) is 30.8 Å². The molecular weight excluding hydrogens is 392 g/mol. The molecule has 0 bridgehead atoms. The van der Waals surface area contributed by atoms with Crippen molar-refractivity contribution in [3.63, 3.8) is 0 Å². The minimum absolute atomic E-state index is 0.122. The second kappa shape index (κ2) is 9.35. The molecule has 1 aliphatic rings. The second-order valence-corrected chi connectivity index (χ2v) is 7.37. The number of rotatable bonds is 8. The average molecular weight is 415 g/mol. The maximum Gasteiger partial charge on any atom is 0.244 e. The van der Waals surface area contributed by atoms with Crippen LogP contribution in [0.3, 0.4) is 0 Å². The molecule has 0 saturated carbocycles. The number of hydrogen-bond donors (Lipinski definition) is 0. The first-order valence-corrected chi connectivity index (χ1v) is 10.0. The number of ether oxygens (including phenoxy) is 2. The molecule has 0 N–H and O–H groups in total. The normalized spacial score (nSPS) is 17.0. The lowest BCUT2D eigenvalue weighted by atomic mass is 10.2. The Labute approximate surface area is 174 Å². The molecule has 0 aliphatic carbocycles. The van der Waals surface area contributed by atoms with Gasteiger partial charge in [0.15, 0.2) is 0 Å². The van der Waals surface area contributed by atoms with Gasteiger partial charge in [-0.2, -0.15) is 4.98 Å². The van der Waals surface area contributed by atoms with Crippen LogP contribution in [0.1, 0.15) is 30.3 Å². The Morgan fingerprint density at radius 1 is 1.17 bits per heavy atom. The van der Waals surface area contributed by atoms with Crippen LogP contribution in [-0.2, 0) is 11.3 Å². The molecule has 152 valence electrons. The van der Waals surface area contributed by atoms with E-state index in [1.807, 2.05) is 18.2 Å². The number of aromatic nitrogens is 3. The maximum absolute atomic E-state index is 5.99. The van der Waals surface area contributed by atoms with Gasteiger partial charge in [0.2, 0.25) is 17.6 Å². The quantitative estimate of drug-likeness (QED) is 0.512. The lowest BCUT2D eigenvalue weighted by molar-refractivity contribution is 0.144. The third-order valence-electron chi connectivity index (χ3n) is 4.92. The molecule has 0 spiro atoms. The minimum Gasteiger partial charge on any atom is -0.475 e. The first-order chi connectivity index (χ1) is 14.2. The fraction of sp³-hybridized carbons (Fsp3) is 0.381. The lowest BCUT2D eigenvalue weighted by Gasteiger charge is -2.21. The first kappa shape index (κ1) is 19.8. The average Bonchev–Trinajstić information content (AvgIpc) is 3.40. The summed E-state index contributed by atoms with van der Waals surface area (Å²) in [5.74, 6) is 1.72. The van der Waals surface area contributed by atoms with Crippen molar-refractivity contribution < 1.29 is 14.0 Å². The van der Waals surface area contributed by atoms with E-state index < -0.39 is 0 Å². The highest BCUT2D eigenvalue weighted by Crippen LogP contribution is 2.33. The van der Waals surface area contributed by atoms with Crippen molar-refractivity contribution in [3.05, 3.63) is 59.1 Å². The van der Waals surface area contributed by atoms with Crippen LogP contribution in [0, 0.1) is 0 Å². The Bertz CT molecular complexity index is 914. The Morgan fingerprint density at radius 2 is 2.03 bits per heavy atom. The van der Waals surface area contributed by atoms with Crippen molar-refractivity contribution in [1.29, 1.82) is 0 Å². The third-order valence-corrected chi connectivity index (χ3v) is 5.17. The van der Waals surface area contributed by atoms with Crippen LogP contribution in [0.2, 0.25) is 5.02 Å². The number of pyridine rings is 1. The van der Waals surface area contributed by atoms with E-state index in [0.717, 1.165) is 36.5 Å². The van der Waals surface area contributed by atoms with E-state index in [1.54, 1.807) is 19.4 Å². The van der Waals surface area contributed by atoms with E-state index in [9.17, 15) is 0 Å². The van der Waals surface area contributed by atoms with Crippen LogP contribution < -0.4 is 4.74 Å². The molecule has 1 atom stereocenters. The predicted molar refractivity (Wildman–Crippen MR) is 109 cm³/mol. The number of benzene rings is 1. The number of hydrogen-bond acceptors (Lipinski definition) is 7. The topological polar surface area (TPSA) is 73.5 Å². The molecule has 3 heterocycles.